The molecule has 0 aliphatic carbocycles. The summed E-state index contributed by atoms with van der Waals surface area (Å²) in [5, 5.41) is 6.95. The molecule has 0 spiro atoms. The number of nitrogens with one attached hydrogen (secondary N) is 1. The van der Waals surface area contributed by atoms with Gasteiger partial charge >= 0.3 is 0 Å². The van der Waals surface area contributed by atoms with Gasteiger partial charge in [0, 0.05) is 5.22 Å². The Kier molecular flexibility index (Phi) is 0.894. The summed E-state index contributed by atoms with van der Waals surface area (Å²) in [7, 11) is 0. The standard InChI is InChI=1S/C2H3N3S/c6-5-2-1-3-4-5/h1-2,5H. The van der Waals surface area contributed by atoms with Gasteiger partial charge < -0.3 is 12.8 Å². The maximum Gasteiger partial charge on any atom is 0.124 e. The normalized spacial score (nSPS) is 29.2. The summed E-state index contributed by atoms with van der Waals surface area (Å²) in [5.74, 6) is 0. The first kappa shape index (κ1) is 3.83. The van der Waals surface area contributed by atoms with Crippen LogP contribution in [0.5, 0.6) is 0 Å². The second-order valence-corrected chi connectivity index (χ2v) is 1.29. The van der Waals surface area contributed by atoms with E-state index in [0.29, 0.717) is 4.41 Å². The van der Waals surface area contributed by atoms with E-state index in [1.807, 2.05) is 0 Å². The largest absolute Gasteiger partial charge is 0.455 e. The van der Waals surface area contributed by atoms with Crippen molar-refractivity contribution in [3.05, 3.63) is 12.4 Å². The van der Waals surface area contributed by atoms with E-state index in [9.17, 15) is 0 Å². The molecule has 1 aliphatic heterocycles. The summed E-state index contributed by atoms with van der Waals surface area (Å²) >= 11 is 4.57. The molecule has 0 bridgehead atoms. The highest BCUT2D eigenvalue weighted by Crippen LogP contribution is 1.72. The van der Waals surface area contributed by atoms with Gasteiger partial charge in [0.25, 0.3) is 0 Å². The number of quaternary nitrogens is 1. The average molecular weight is 101 g/mol. The molecule has 0 saturated heterocycles. The van der Waals surface area contributed by atoms with Crippen molar-refractivity contribution in [2.45, 2.75) is 0 Å². The molecule has 4 heteroatoms. The van der Waals surface area contributed by atoms with Crippen molar-refractivity contribution in [2.75, 3.05) is 0 Å². The molecule has 1 N–H and O–H groups in total. The monoisotopic (exact) mass is 101 g/mol. The van der Waals surface area contributed by atoms with E-state index >= 15 is 0 Å². The van der Waals surface area contributed by atoms with E-state index in [2.05, 4.69) is 23.2 Å². The summed E-state index contributed by atoms with van der Waals surface area (Å²) in [6, 6.07) is 0. The van der Waals surface area contributed by atoms with E-state index in [1.165, 1.54) is 0 Å². The third-order valence-corrected chi connectivity index (χ3v) is 0.658. The van der Waals surface area contributed by atoms with Gasteiger partial charge in [0.05, 0.1) is 0 Å². The minimum absolute atomic E-state index is 0.565. The Hall–Kier alpha value is -0.350. The fraction of sp³-hybridized carbons (Fsp3) is 0. The van der Waals surface area contributed by atoms with Gasteiger partial charge in [0.2, 0.25) is 0 Å². The van der Waals surface area contributed by atoms with Crippen LogP contribution in [0.1, 0.15) is 0 Å². The molecule has 1 rings (SSSR count). The van der Waals surface area contributed by atoms with Crippen LogP contribution in [0.4, 0.5) is 0 Å². The van der Waals surface area contributed by atoms with Crippen LogP contribution in [0.3, 0.4) is 0 Å². The molecular formula is C2H3N3S. The van der Waals surface area contributed by atoms with Crippen molar-refractivity contribution in [2.24, 2.45) is 10.3 Å². The lowest BCUT2D eigenvalue weighted by Crippen LogP contribution is -2.95. The fourth-order valence-corrected chi connectivity index (χ4v) is 0.329. The summed E-state index contributed by atoms with van der Waals surface area (Å²) in [5.41, 5.74) is 0. The van der Waals surface area contributed by atoms with Crippen molar-refractivity contribution in [3.63, 3.8) is 0 Å². The van der Waals surface area contributed by atoms with Crippen LogP contribution in [0.15, 0.2) is 22.7 Å². The molecule has 0 aromatic carbocycles. The lowest BCUT2D eigenvalue weighted by molar-refractivity contribution is -0.700. The van der Waals surface area contributed by atoms with Gasteiger partial charge in [-0.1, -0.05) is 0 Å². The maximum absolute atomic E-state index is 4.57. The van der Waals surface area contributed by atoms with Crippen LogP contribution < -0.4 is 4.41 Å². The third-order valence-electron chi connectivity index (χ3n) is 0.440. The van der Waals surface area contributed by atoms with Crippen LogP contribution in [-0.2, 0) is 12.8 Å². The van der Waals surface area contributed by atoms with E-state index in [-0.39, 0.29) is 0 Å². The Labute approximate surface area is 40.9 Å². The summed E-state index contributed by atoms with van der Waals surface area (Å²) < 4.78 is 0.565. The average Bonchev–Trinajstić information content (AvgIpc) is 1.86. The maximum atomic E-state index is 4.57. The molecule has 1 aliphatic rings. The Balaban J connectivity index is 2.60. The Morgan fingerprint density at radius 2 is 2.50 bits per heavy atom. The Morgan fingerprint density at radius 3 is 2.67 bits per heavy atom. The number of hydrogen-bond donors (Lipinski definition) is 1. The molecule has 32 valence electrons. The molecule has 0 saturated carbocycles. The Morgan fingerprint density at radius 1 is 1.67 bits per heavy atom. The van der Waals surface area contributed by atoms with Gasteiger partial charge in [-0.3, -0.25) is 4.41 Å². The second-order valence-electron chi connectivity index (χ2n) is 0.869. The highest BCUT2D eigenvalue weighted by molar-refractivity contribution is 7.51. The highest BCUT2D eigenvalue weighted by Gasteiger charge is 1.85. The predicted molar refractivity (Wildman–Crippen MR) is 22.3 cm³/mol. The SMILES string of the molecule is [S-][NH+]1C=CN=N1. The summed E-state index contributed by atoms with van der Waals surface area (Å²) in [4.78, 5) is 0. The highest BCUT2D eigenvalue weighted by atomic mass is 32.1. The smallest absolute Gasteiger partial charge is 0.124 e. The van der Waals surface area contributed by atoms with Crippen molar-refractivity contribution in [1.29, 1.82) is 0 Å². The minimum Gasteiger partial charge on any atom is -0.455 e. The zero-order valence-electron chi connectivity index (χ0n) is 2.96. The van der Waals surface area contributed by atoms with E-state index in [4.69, 9.17) is 0 Å². The van der Waals surface area contributed by atoms with Gasteiger partial charge in [-0.2, -0.15) is 0 Å². The molecule has 6 heavy (non-hydrogen) atoms. The molecule has 1 atom stereocenters. The zero-order valence-corrected chi connectivity index (χ0v) is 3.77. The molecule has 3 nitrogen and oxygen atoms in total. The number of hydrogen-bond acceptors (Lipinski definition) is 3. The van der Waals surface area contributed by atoms with Gasteiger partial charge in [0.15, 0.2) is 0 Å². The summed E-state index contributed by atoms with van der Waals surface area (Å²) in [6.07, 6.45) is 3.25. The molecule has 0 radical (unpaired) electrons. The second kappa shape index (κ2) is 1.40. The lowest BCUT2D eigenvalue weighted by Gasteiger charge is -1.99. The first-order valence-corrected chi connectivity index (χ1v) is 1.92. The Bertz CT molecular complexity index is 85.0. The van der Waals surface area contributed by atoms with Crippen molar-refractivity contribution in [1.82, 2.24) is 0 Å². The zero-order chi connectivity index (χ0) is 4.41. The van der Waals surface area contributed by atoms with Crippen LogP contribution in [0.2, 0.25) is 0 Å². The minimum atomic E-state index is 0.565. The fourth-order valence-electron chi connectivity index (χ4n) is 0.221. The topological polar surface area (TPSA) is 29.2 Å². The summed E-state index contributed by atoms with van der Waals surface area (Å²) in [6.45, 7) is 0. The van der Waals surface area contributed by atoms with Gasteiger partial charge in [-0.15, -0.1) is 5.11 Å². The molecule has 0 aromatic rings. The van der Waals surface area contributed by atoms with Crippen molar-refractivity contribution < 1.29 is 4.41 Å². The molecule has 1 heterocycles. The lowest BCUT2D eigenvalue weighted by atomic mass is 11.0. The van der Waals surface area contributed by atoms with Crippen LogP contribution >= 0.6 is 0 Å². The molecule has 0 fully saturated rings. The van der Waals surface area contributed by atoms with E-state index in [0.717, 1.165) is 0 Å². The van der Waals surface area contributed by atoms with E-state index in [1.54, 1.807) is 12.4 Å². The first-order chi connectivity index (χ1) is 2.89. The molecule has 1 unspecified atom stereocenters. The van der Waals surface area contributed by atoms with Crippen LogP contribution in [0, 0.1) is 0 Å². The molecule has 0 amide bonds. The van der Waals surface area contributed by atoms with Crippen LogP contribution in [-0.4, -0.2) is 0 Å². The third kappa shape index (κ3) is 0.580. The molecular weight excluding hydrogens is 98.1 g/mol. The van der Waals surface area contributed by atoms with Gasteiger partial charge in [-0.25, -0.2) is 0 Å². The molecule has 0 aromatic heterocycles. The van der Waals surface area contributed by atoms with Gasteiger partial charge in [0.1, 0.15) is 12.4 Å². The number of rotatable bonds is 0. The van der Waals surface area contributed by atoms with E-state index < -0.39 is 0 Å². The van der Waals surface area contributed by atoms with Crippen molar-refractivity contribution >= 4 is 12.8 Å². The van der Waals surface area contributed by atoms with Crippen molar-refractivity contribution in [3.8, 4) is 0 Å². The van der Waals surface area contributed by atoms with Crippen LogP contribution in [0.25, 0.3) is 0 Å². The predicted octanol–water partition coefficient (Wildman–Crippen LogP) is -0.815. The first-order valence-electron chi connectivity index (χ1n) is 1.51. The van der Waals surface area contributed by atoms with Gasteiger partial charge in [-0.05, 0) is 0 Å². The number of nitrogens with zero attached hydrogens (tertiary/aromatic N) is 2. The quantitative estimate of drug-likeness (QED) is 0.397.